The number of hydrogen-bond acceptors (Lipinski definition) is 3. The van der Waals surface area contributed by atoms with Gasteiger partial charge in [0.15, 0.2) is 9.84 Å². The Hall–Kier alpha value is 0.150. The maximum absolute atomic E-state index is 11.2. The fraction of sp³-hybridized carbons (Fsp3) is 0.333. The van der Waals surface area contributed by atoms with Crippen molar-refractivity contribution in [3.05, 3.63) is 34.9 Å². The third-order valence-corrected chi connectivity index (χ3v) is 6.61. The van der Waals surface area contributed by atoms with Gasteiger partial charge < -0.3 is 5.11 Å². The molecule has 0 amide bonds. The van der Waals surface area contributed by atoms with E-state index in [9.17, 15) is 13.5 Å². The molecule has 0 radical (unpaired) electrons. The number of halogens is 2. The van der Waals surface area contributed by atoms with Crippen LogP contribution in [0.3, 0.4) is 0 Å². The third-order valence-electron chi connectivity index (χ3n) is 1.85. The number of sulfone groups is 1. The fourth-order valence-electron chi connectivity index (χ4n) is 1.08. The molecule has 0 aliphatic heterocycles. The minimum absolute atomic E-state index is 0.476. The Morgan fingerprint density at radius 3 is 2.53 bits per heavy atom. The quantitative estimate of drug-likeness (QED) is 0.664. The van der Waals surface area contributed by atoms with Crippen molar-refractivity contribution in [1.82, 2.24) is 0 Å². The molecule has 2 unspecified atom stereocenters. The molecule has 1 aromatic carbocycles. The minimum atomic E-state index is -3.27. The first-order valence-electron chi connectivity index (χ1n) is 4.09. The zero-order valence-electron chi connectivity index (χ0n) is 7.89. The van der Waals surface area contributed by atoms with Gasteiger partial charge >= 0.3 is 0 Å². The number of aliphatic hydroxyl groups excluding tert-OH is 1. The summed E-state index contributed by atoms with van der Waals surface area (Å²) in [6, 6.07) is 6.55. The van der Waals surface area contributed by atoms with E-state index >= 15 is 0 Å². The lowest BCUT2D eigenvalue weighted by Crippen LogP contribution is -2.21. The molecule has 15 heavy (non-hydrogen) atoms. The van der Waals surface area contributed by atoms with Crippen molar-refractivity contribution in [3.8, 4) is 0 Å². The van der Waals surface area contributed by atoms with Gasteiger partial charge in [-0.1, -0.05) is 46.3 Å². The zero-order chi connectivity index (χ0) is 11.6. The highest BCUT2D eigenvalue weighted by Crippen LogP contribution is 2.27. The first kappa shape index (κ1) is 13.2. The van der Waals surface area contributed by atoms with Gasteiger partial charge in [-0.15, -0.1) is 0 Å². The van der Waals surface area contributed by atoms with E-state index in [-0.39, 0.29) is 0 Å². The van der Waals surface area contributed by atoms with Gasteiger partial charge in [0.2, 0.25) is 0 Å². The van der Waals surface area contributed by atoms with Gasteiger partial charge in [0, 0.05) is 11.3 Å². The average Bonchev–Trinajstić information content (AvgIpc) is 2.14. The largest absolute Gasteiger partial charge is 0.386 e. The van der Waals surface area contributed by atoms with Gasteiger partial charge in [0.1, 0.15) is 9.36 Å². The Balaban J connectivity index is 3.00. The van der Waals surface area contributed by atoms with Gasteiger partial charge in [-0.2, -0.15) is 0 Å². The van der Waals surface area contributed by atoms with E-state index in [1.54, 1.807) is 46.9 Å². The summed E-state index contributed by atoms with van der Waals surface area (Å²) in [6.45, 7) is 0. The number of rotatable bonds is 3. The first-order chi connectivity index (χ1) is 6.82. The lowest BCUT2D eigenvalue weighted by Gasteiger charge is -2.16. The Kier molecular flexibility index (Phi) is 4.39. The van der Waals surface area contributed by atoms with Crippen LogP contribution >= 0.6 is 34.2 Å². The third kappa shape index (κ3) is 3.58. The van der Waals surface area contributed by atoms with Crippen molar-refractivity contribution in [3.63, 3.8) is 0 Å². The highest BCUT2D eigenvalue weighted by molar-refractivity contribution is 14.1. The molecule has 1 rings (SSSR count). The van der Waals surface area contributed by atoms with Crippen LogP contribution in [-0.2, 0) is 9.84 Å². The first-order valence-corrected chi connectivity index (χ1v) is 7.66. The van der Waals surface area contributed by atoms with Crippen molar-refractivity contribution in [2.24, 2.45) is 0 Å². The van der Waals surface area contributed by atoms with Gasteiger partial charge in [0.25, 0.3) is 0 Å². The Morgan fingerprint density at radius 2 is 2.07 bits per heavy atom. The highest BCUT2D eigenvalue weighted by Gasteiger charge is 2.27. The van der Waals surface area contributed by atoms with Crippen LogP contribution in [0.15, 0.2) is 24.3 Å². The maximum Gasteiger partial charge on any atom is 0.162 e. The van der Waals surface area contributed by atoms with E-state index in [0.717, 1.165) is 6.26 Å². The molecular weight excluding hydrogens is 351 g/mol. The summed E-state index contributed by atoms with van der Waals surface area (Å²) in [6.07, 6.45) is 0.0389. The molecule has 0 bridgehead atoms. The Bertz CT molecular complexity index is 446. The van der Waals surface area contributed by atoms with Crippen molar-refractivity contribution in [2.75, 3.05) is 6.26 Å². The minimum Gasteiger partial charge on any atom is -0.386 e. The summed E-state index contributed by atoms with van der Waals surface area (Å²) >= 11 is 7.45. The summed E-state index contributed by atoms with van der Waals surface area (Å²) in [7, 11) is -3.27. The summed E-state index contributed by atoms with van der Waals surface area (Å²) in [5.74, 6) is 0. The van der Waals surface area contributed by atoms with Gasteiger partial charge in [-0.05, 0) is 17.7 Å². The molecule has 0 heterocycles. The van der Waals surface area contributed by atoms with E-state index in [1.807, 2.05) is 0 Å². The molecule has 0 spiro atoms. The number of benzene rings is 1. The molecule has 0 aromatic heterocycles. The van der Waals surface area contributed by atoms with E-state index in [1.165, 1.54) is 0 Å². The molecule has 6 heteroatoms. The van der Waals surface area contributed by atoms with Crippen LogP contribution in [0.1, 0.15) is 11.7 Å². The smallest absolute Gasteiger partial charge is 0.162 e. The molecule has 3 nitrogen and oxygen atoms in total. The lowest BCUT2D eigenvalue weighted by molar-refractivity contribution is 0.197. The molecule has 0 aliphatic carbocycles. The number of aliphatic hydroxyl groups is 1. The second-order valence-electron chi connectivity index (χ2n) is 3.18. The van der Waals surface area contributed by atoms with Crippen LogP contribution in [-0.4, -0.2) is 23.0 Å². The average molecular weight is 361 g/mol. The standard InChI is InChI=1S/C9H10ClIO3S/c1-15(13,14)9(11)8(12)6-3-2-4-7(10)5-6/h2-5,8-9,12H,1H3. The van der Waals surface area contributed by atoms with Crippen LogP contribution in [0, 0.1) is 0 Å². The molecule has 0 saturated carbocycles. The summed E-state index contributed by atoms with van der Waals surface area (Å²) in [4.78, 5) is 0. The van der Waals surface area contributed by atoms with Crippen LogP contribution < -0.4 is 0 Å². The molecule has 84 valence electrons. The Morgan fingerprint density at radius 1 is 1.47 bits per heavy atom. The SMILES string of the molecule is CS(=O)(=O)C(I)C(O)c1cccc(Cl)c1. The van der Waals surface area contributed by atoms with Crippen molar-refractivity contribution in [2.45, 2.75) is 9.36 Å². The summed E-state index contributed by atoms with van der Waals surface area (Å²) < 4.78 is 21.6. The van der Waals surface area contributed by atoms with E-state index in [4.69, 9.17) is 11.6 Å². The van der Waals surface area contributed by atoms with Crippen LogP contribution in [0.5, 0.6) is 0 Å². The predicted molar refractivity (Wildman–Crippen MR) is 69.1 cm³/mol. The van der Waals surface area contributed by atoms with Gasteiger partial charge in [-0.3, -0.25) is 0 Å². The molecule has 0 fully saturated rings. The molecule has 0 saturated heterocycles. The van der Waals surface area contributed by atoms with E-state index in [0.29, 0.717) is 10.6 Å². The summed E-state index contributed by atoms with van der Waals surface area (Å²) in [5, 5.41) is 10.3. The molecular formula is C9H10ClIO3S. The van der Waals surface area contributed by atoms with E-state index in [2.05, 4.69) is 0 Å². The monoisotopic (exact) mass is 360 g/mol. The topological polar surface area (TPSA) is 54.4 Å². The number of alkyl halides is 1. The Labute approximate surface area is 108 Å². The number of hydrogen-bond donors (Lipinski definition) is 1. The predicted octanol–water partition coefficient (Wildman–Crippen LogP) is 2.18. The van der Waals surface area contributed by atoms with Gasteiger partial charge in [0.05, 0.1) is 0 Å². The van der Waals surface area contributed by atoms with Crippen LogP contribution in [0.2, 0.25) is 5.02 Å². The van der Waals surface area contributed by atoms with Crippen molar-refractivity contribution >= 4 is 44.0 Å². The van der Waals surface area contributed by atoms with Crippen LogP contribution in [0.4, 0.5) is 0 Å². The zero-order valence-corrected chi connectivity index (χ0v) is 11.6. The maximum atomic E-state index is 11.2. The molecule has 1 N–H and O–H groups in total. The van der Waals surface area contributed by atoms with Crippen LogP contribution in [0.25, 0.3) is 0 Å². The van der Waals surface area contributed by atoms with Crippen molar-refractivity contribution in [1.29, 1.82) is 0 Å². The molecule has 1 aromatic rings. The highest BCUT2D eigenvalue weighted by atomic mass is 127. The van der Waals surface area contributed by atoms with E-state index < -0.39 is 19.2 Å². The summed E-state index contributed by atoms with van der Waals surface area (Å²) in [5.41, 5.74) is 0.507. The molecule has 0 aliphatic rings. The second-order valence-corrected chi connectivity index (χ2v) is 7.97. The van der Waals surface area contributed by atoms with Gasteiger partial charge in [-0.25, -0.2) is 8.42 Å². The molecule has 2 atom stereocenters. The second kappa shape index (κ2) is 4.99. The fourth-order valence-corrected chi connectivity index (χ4v) is 2.32. The normalized spacial score (nSPS) is 16.0. The lowest BCUT2D eigenvalue weighted by atomic mass is 10.1. The van der Waals surface area contributed by atoms with Crippen molar-refractivity contribution < 1.29 is 13.5 Å².